The number of furan rings is 1. The largest absolute Gasteiger partial charge is 0.494 e. The van der Waals surface area contributed by atoms with Crippen LogP contribution in [0.1, 0.15) is 12.8 Å². The summed E-state index contributed by atoms with van der Waals surface area (Å²) in [6.07, 6.45) is 0.621. The summed E-state index contributed by atoms with van der Waals surface area (Å²) in [7, 11) is 0. The molecule has 0 saturated carbocycles. The van der Waals surface area contributed by atoms with Crippen molar-refractivity contribution in [1.29, 1.82) is 0 Å². The van der Waals surface area contributed by atoms with E-state index >= 15 is 0 Å². The van der Waals surface area contributed by atoms with Gasteiger partial charge >= 0.3 is 5.97 Å². The number of fused-ring (bicyclic) bond motifs is 3. The fourth-order valence-electron chi connectivity index (χ4n) is 2.21. The van der Waals surface area contributed by atoms with Crippen LogP contribution in [0.5, 0.6) is 5.75 Å². The minimum absolute atomic E-state index is 0.122. The third-order valence-electron chi connectivity index (χ3n) is 3.15. The van der Waals surface area contributed by atoms with E-state index in [1.165, 1.54) is 0 Å². The Hall–Kier alpha value is -2.49. The van der Waals surface area contributed by atoms with Crippen molar-refractivity contribution < 1.29 is 19.1 Å². The van der Waals surface area contributed by atoms with Crippen molar-refractivity contribution in [3.05, 3.63) is 42.5 Å². The molecule has 2 aromatic carbocycles. The van der Waals surface area contributed by atoms with Gasteiger partial charge in [0.1, 0.15) is 16.9 Å². The average molecular weight is 270 g/mol. The van der Waals surface area contributed by atoms with E-state index in [0.717, 1.165) is 27.7 Å². The van der Waals surface area contributed by atoms with Crippen LogP contribution in [0.2, 0.25) is 0 Å². The van der Waals surface area contributed by atoms with E-state index in [4.69, 9.17) is 14.3 Å². The summed E-state index contributed by atoms with van der Waals surface area (Å²) in [5, 5.41) is 10.6. The summed E-state index contributed by atoms with van der Waals surface area (Å²) < 4.78 is 11.3. The van der Waals surface area contributed by atoms with Gasteiger partial charge in [-0.3, -0.25) is 4.79 Å². The highest BCUT2D eigenvalue weighted by atomic mass is 16.5. The number of hydrogen-bond donors (Lipinski definition) is 1. The lowest BCUT2D eigenvalue weighted by Crippen LogP contribution is -2.01. The van der Waals surface area contributed by atoms with Gasteiger partial charge in [-0.2, -0.15) is 0 Å². The highest BCUT2D eigenvalue weighted by Gasteiger charge is 2.07. The smallest absolute Gasteiger partial charge is 0.303 e. The van der Waals surface area contributed by atoms with E-state index in [0.29, 0.717) is 13.0 Å². The van der Waals surface area contributed by atoms with Gasteiger partial charge in [0.05, 0.1) is 6.61 Å². The monoisotopic (exact) mass is 270 g/mol. The number of benzene rings is 2. The van der Waals surface area contributed by atoms with Gasteiger partial charge in [0.2, 0.25) is 0 Å². The Labute approximate surface area is 115 Å². The topological polar surface area (TPSA) is 59.7 Å². The van der Waals surface area contributed by atoms with Crippen LogP contribution in [0.3, 0.4) is 0 Å². The van der Waals surface area contributed by atoms with E-state index in [2.05, 4.69) is 0 Å². The molecule has 0 saturated heterocycles. The summed E-state index contributed by atoms with van der Waals surface area (Å²) in [6.45, 7) is 0.396. The second kappa shape index (κ2) is 5.25. The van der Waals surface area contributed by atoms with Gasteiger partial charge in [0, 0.05) is 17.2 Å². The predicted molar refractivity (Wildman–Crippen MR) is 76.1 cm³/mol. The molecule has 4 nitrogen and oxygen atoms in total. The first-order chi connectivity index (χ1) is 9.74. The molecule has 1 aromatic heterocycles. The van der Waals surface area contributed by atoms with Crippen molar-refractivity contribution in [3.8, 4) is 5.75 Å². The molecule has 102 valence electrons. The molecule has 1 heterocycles. The Bertz CT molecular complexity index is 757. The van der Waals surface area contributed by atoms with Crippen LogP contribution in [-0.2, 0) is 4.79 Å². The van der Waals surface area contributed by atoms with Gasteiger partial charge in [-0.15, -0.1) is 0 Å². The Morgan fingerprint density at radius 1 is 1.10 bits per heavy atom. The fraction of sp³-hybridized carbons (Fsp3) is 0.188. The van der Waals surface area contributed by atoms with E-state index < -0.39 is 5.97 Å². The average Bonchev–Trinajstić information content (AvgIpc) is 2.81. The molecule has 0 aliphatic heterocycles. The molecule has 0 atom stereocenters. The molecular formula is C16H14O4. The highest BCUT2D eigenvalue weighted by Crippen LogP contribution is 2.31. The van der Waals surface area contributed by atoms with Crippen molar-refractivity contribution in [1.82, 2.24) is 0 Å². The summed E-state index contributed by atoms with van der Waals surface area (Å²) in [4.78, 5) is 10.4. The molecule has 3 rings (SSSR count). The number of carbonyl (C=O) groups is 1. The number of hydrogen-bond acceptors (Lipinski definition) is 3. The number of carboxylic acid groups (broad SMARTS) is 1. The second-order valence-electron chi connectivity index (χ2n) is 4.60. The van der Waals surface area contributed by atoms with E-state index in [1.54, 1.807) is 0 Å². The van der Waals surface area contributed by atoms with Crippen LogP contribution in [0.4, 0.5) is 0 Å². The summed E-state index contributed by atoms with van der Waals surface area (Å²) in [5.74, 6) is -0.0701. The molecule has 0 bridgehead atoms. The maximum absolute atomic E-state index is 10.4. The van der Waals surface area contributed by atoms with E-state index in [9.17, 15) is 4.79 Å². The normalized spacial score (nSPS) is 11.0. The second-order valence-corrected chi connectivity index (χ2v) is 4.60. The lowest BCUT2D eigenvalue weighted by molar-refractivity contribution is -0.137. The molecule has 3 aromatic rings. The lowest BCUT2D eigenvalue weighted by Gasteiger charge is -2.04. The quantitative estimate of drug-likeness (QED) is 0.716. The van der Waals surface area contributed by atoms with Crippen molar-refractivity contribution in [2.45, 2.75) is 12.8 Å². The molecule has 0 aliphatic rings. The zero-order valence-electron chi connectivity index (χ0n) is 10.8. The van der Waals surface area contributed by atoms with Crippen LogP contribution < -0.4 is 4.74 Å². The predicted octanol–water partition coefficient (Wildman–Crippen LogP) is 3.83. The Morgan fingerprint density at radius 2 is 1.90 bits per heavy atom. The molecule has 1 N–H and O–H groups in total. The Kier molecular flexibility index (Phi) is 3.29. The van der Waals surface area contributed by atoms with Crippen LogP contribution in [0.25, 0.3) is 21.9 Å². The van der Waals surface area contributed by atoms with Crippen molar-refractivity contribution >= 4 is 27.9 Å². The minimum atomic E-state index is -0.801. The van der Waals surface area contributed by atoms with Crippen molar-refractivity contribution in [2.75, 3.05) is 6.61 Å². The standard InChI is InChI=1S/C16H14O4/c17-16(18)6-3-9-19-11-7-8-15-13(10-11)12-4-1-2-5-14(12)20-15/h1-2,4-5,7-8,10H,3,6,9H2,(H,17,18). The molecule has 0 unspecified atom stereocenters. The molecule has 0 spiro atoms. The summed E-state index contributed by atoms with van der Waals surface area (Å²) >= 11 is 0. The lowest BCUT2D eigenvalue weighted by atomic mass is 10.1. The number of aliphatic carboxylic acids is 1. The third-order valence-corrected chi connectivity index (χ3v) is 3.15. The maximum atomic E-state index is 10.4. The molecule has 0 fully saturated rings. The van der Waals surface area contributed by atoms with Crippen LogP contribution in [0, 0.1) is 0 Å². The van der Waals surface area contributed by atoms with Crippen LogP contribution in [0.15, 0.2) is 46.9 Å². The first-order valence-corrected chi connectivity index (χ1v) is 6.50. The summed E-state index contributed by atoms with van der Waals surface area (Å²) in [5.41, 5.74) is 1.68. The Morgan fingerprint density at radius 3 is 2.75 bits per heavy atom. The number of carboxylic acids is 1. The Balaban J connectivity index is 1.82. The fourth-order valence-corrected chi connectivity index (χ4v) is 2.21. The highest BCUT2D eigenvalue weighted by molar-refractivity contribution is 6.05. The van der Waals surface area contributed by atoms with Gasteiger partial charge in [-0.05, 0) is 30.7 Å². The third kappa shape index (κ3) is 2.45. The zero-order valence-corrected chi connectivity index (χ0v) is 10.8. The maximum Gasteiger partial charge on any atom is 0.303 e. The summed E-state index contributed by atoms with van der Waals surface area (Å²) in [6, 6.07) is 13.5. The molecule has 4 heteroatoms. The first kappa shape index (κ1) is 12.5. The van der Waals surface area contributed by atoms with Crippen molar-refractivity contribution in [3.63, 3.8) is 0 Å². The van der Waals surface area contributed by atoms with E-state index in [-0.39, 0.29) is 6.42 Å². The first-order valence-electron chi connectivity index (χ1n) is 6.50. The molecule has 0 amide bonds. The van der Waals surface area contributed by atoms with E-state index in [1.807, 2.05) is 42.5 Å². The number of ether oxygens (including phenoxy) is 1. The zero-order chi connectivity index (χ0) is 13.9. The molecule has 20 heavy (non-hydrogen) atoms. The van der Waals surface area contributed by atoms with Crippen molar-refractivity contribution in [2.24, 2.45) is 0 Å². The molecule has 0 radical (unpaired) electrons. The van der Waals surface area contributed by atoms with Gasteiger partial charge < -0.3 is 14.3 Å². The minimum Gasteiger partial charge on any atom is -0.494 e. The molecule has 0 aliphatic carbocycles. The molecular weight excluding hydrogens is 256 g/mol. The van der Waals surface area contributed by atoms with Crippen LogP contribution in [-0.4, -0.2) is 17.7 Å². The van der Waals surface area contributed by atoms with Gasteiger partial charge in [0.15, 0.2) is 0 Å². The SMILES string of the molecule is O=C(O)CCCOc1ccc2oc3ccccc3c2c1. The number of para-hydroxylation sites is 1. The van der Waals surface area contributed by atoms with Crippen LogP contribution >= 0.6 is 0 Å². The van der Waals surface area contributed by atoms with Gasteiger partial charge in [0.25, 0.3) is 0 Å². The van der Waals surface area contributed by atoms with Gasteiger partial charge in [-0.1, -0.05) is 18.2 Å². The van der Waals surface area contributed by atoms with Gasteiger partial charge in [-0.25, -0.2) is 0 Å². The number of rotatable bonds is 5.